The predicted octanol–water partition coefficient (Wildman–Crippen LogP) is 0.735. The van der Waals surface area contributed by atoms with E-state index in [4.69, 9.17) is 21.4 Å². The molecular formula is C17H17ClN2O4. The number of carbonyl (C=O) groups excluding carboxylic acids is 2. The van der Waals surface area contributed by atoms with Gasteiger partial charge in [-0.25, -0.2) is 0 Å². The van der Waals surface area contributed by atoms with Crippen LogP contribution in [-0.4, -0.2) is 48.3 Å². The van der Waals surface area contributed by atoms with Gasteiger partial charge in [0.15, 0.2) is 0 Å². The number of benzene rings is 1. The normalized spacial score (nSPS) is 33.2. The summed E-state index contributed by atoms with van der Waals surface area (Å²) in [5.74, 6) is -1.47. The Morgan fingerprint density at radius 3 is 2.88 bits per heavy atom. The average molecular weight is 349 g/mol. The number of ether oxygens (including phenoxy) is 1. The van der Waals surface area contributed by atoms with Crippen molar-refractivity contribution in [2.75, 3.05) is 24.6 Å². The second kappa shape index (κ2) is 5.58. The van der Waals surface area contributed by atoms with Crippen LogP contribution in [0, 0.1) is 11.8 Å². The van der Waals surface area contributed by atoms with Crippen LogP contribution in [0.15, 0.2) is 36.4 Å². The van der Waals surface area contributed by atoms with Crippen LogP contribution in [0.25, 0.3) is 0 Å². The number of aliphatic hydroxyl groups is 1. The van der Waals surface area contributed by atoms with E-state index >= 15 is 0 Å². The summed E-state index contributed by atoms with van der Waals surface area (Å²) in [7, 11) is 0. The lowest BCUT2D eigenvalue weighted by molar-refractivity contribution is -0.132. The Balaban J connectivity index is 1.64. The van der Waals surface area contributed by atoms with Crippen molar-refractivity contribution >= 4 is 29.1 Å². The highest BCUT2D eigenvalue weighted by molar-refractivity contribution is 6.30. The van der Waals surface area contributed by atoms with Crippen molar-refractivity contribution in [1.29, 1.82) is 0 Å². The van der Waals surface area contributed by atoms with E-state index in [1.807, 2.05) is 12.2 Å². The molecule has 4 rings (SSSR count). The van der Waals surface area contributed by atoms with Crippen LogP contribution in [0.3, 0.4) is 0 Å². The van der Waals surface area contributed by atoms with E-state index in [-0.39, 0.29) is 31.1 Å². The Kier molecular flexibility index (Phi) is 3.63. The minimum absolute atomic E-state index is 0.117. The molecule has 1 aromatic rings. The quantitative estimate of drug-likeness (QED) is 0.786. The summed E-state index contributed by atoms with van der Waals surface area (Å²) in [4.78, 5) is 27.1. The van der Waals surface area contributed by atoms with Crippen LogP contribution >= 0.6 is 11.6 Å². The molecule has 2 N–H and O–H groups in total. The Labute approximate surface area is 144 Å². The summed E-state index contributed by atoms with van der Waals surface area (Å²) in [6, 6.07) is 7.04. The number of anilines is 1. The summed E-state index contributed by atoms with van der Waals surface area (Å²) in [6.45, 7) is 0.413. The lowest BCUT2D eigenvalue weighted by Gasteiger charge is -2.23. The van der Waals surface area contributed by atoms with E-state index in [2.05, 4.69) is 5.32 Å². The molecule has 1 aromatic carbocycles. The second-order valence-corrected chi connectivity index (χ2v) is 6.75. The molecule has 2 fully saturated rings. The van der Waals surface area contributed by atoms with Crippen molar-refractivity contribution in [3.8, 4) is 0 Å². The van der Waals surface area contributed by atoms with Gasteiger partial charge in [0.25, 0.3) is 0 Å². The number of hydrogen-bond donors (Lipinski definition) is 2. The van der Waals surface area contributed by atoms with Crippen LogP contribution in [0.4, 0.5) is 5.69 Å². The van der Waals surface area contributed by atoms with Crippen LogP contribution in [0.5, 0.6) is 0 Å². The van der Waals surface area contributed by atoms with E-state index in [9.17, 15) is 9.59 Å². The van der Waals surface area contributed by atoms with Crippen LogP contribution in [0.1, 0.15) is 0 Å². The van der Waals surface area contributed by atoms with Crippen molar-refractivity contribution < 1.29 is 19.4 Å². The molecular weight excluding hydrogens is 332 g/mol. The smallest absolute Gasteiger partial charge is 0.234 e. The molecule has 2 saturated heterocycles. The van der Waals surface area contributed by atoms with E-state index in [1.165, 1.54) is 0 Å². The fourth-order valence-corrected chi connectivity index (χ4v) is 4.06. The third kappa shape index (κ3) is 2.17. The first-order chi connectivity index (χ1) is 11.6. The first-order valence-corrected chi connectivity index (χ1v) is 8.26. The number of fused-ring (bicyclic) bond motifs is 1. The van der Waals surface area contributed by atoms with E-state index in [1.54, 1.807) is 29.2 Å². The topological polar surface area (TPSA) is 78.9 Å². The summed E-state index contributed by atoms with van der Waals surface area (Å²) in [5.41, 5.74) is -0.00839. The number of hydrogen-bond acceptors (Lipinski definition) is 4. The van der Waals surface area contributed by atoms with Crippen molar-refractivity contribution in [2.24, 2.45) is 11.8 Å². The van der Waals surface area contributed by atoms with Gasteiger partial charge in [-0.05, 0) is 24.3 Å². The van der Waals surface area contributed by atoms with E-state index < -0.39 is 17.4 Å². The summed E-state index contributed by atoms with van der Waals surface area (Å²) in [6.07, 6.45) is 3.38. The lowest BCUT2D eigenvalue weighted by atomic mass is 9.77. The Morgan fingerprint density at radius 1 is 1.42 bits per heavy atom. The first-order valence-electron chi connectivity index (χ1n) is 7.88. The van der Waals surface area contributed by atoms with Crippen molar-refractivity contribution in [3.63, 3.8) is 0 Å². The highest BCUT2D eigenvalue weighted by Crippen LogP contribution is 2.52. The number of aliphatic hydroxyl groups excluding tert-OH is 1. The maximum absolute atomic E-state index is 13.0. The van der Waals surface area contributed by atoms with Crippen molar-refractivity contribution in [1.82, 2.24) is 5.32 Å². The standard InChI is InChI=1S/C17H17ClN2O4/c18-10-1-3-11(4-2-10)20-9-17-6-5-12(24-17)13(14(17)16(20)23)15(22)19-7-8-21/h1-6,12-14,21H,7-9H2,(H,19,22)/t12-,13?,14?,17-/m1/s1. The predicted molar refractivity (Wildman–Crippen MR) is 87.6 cm³/mol. The van der Waals surface area contributed by atoms with Crippen LogP contribution in [-0.2, 0) is 14.3 Å². The van der Waals surface area contributed by atoms with Gasteiger partial charge in [-0.2, -0.15) is 0 Å². The number of carbonyl (C=O) groups is 2. The third-order valence-corrected chi connectivity index (χ3v) is 5.20. The molecule has 0 aliphatic carbocycles. The maximum Gasteiger partial charge on any atom is 0.234 e. The van der Waals surface area contributed by atoms with Gasteiger partial charge in [0.1, 0.15) is 5.60 Å². The Bertz CT molecular complexity index is 720. The number of nitrogens with one attached hydrogen (secondary N) is 1. The molecule has 3 heterocycles. The number of rotatable bonds is 4. The fourth-order valence-electron chi connectivity index (χ4n) is 3.93. The highest BCUT2D eigenvalue weighted by Gasteiger charge is 2.66. The molecule has 0 saturated carbocycles. The summed E-state index contributed by atoms with van der Waals surface area (Å²) < 4.78 is 6.02. The van der Waals surface area contributed by atoms with Gasteiger partial charge < -0.3 is 20.1 Å². The Morgan fingerprint density at radius 2 is 2.17 bits per heavy atom. The molecule has 3 aliphatic heterocycles. The van der Waals surface area contributed by atoms with Gasteiger partial charge in [0, 0.05) is 17.3 Å². The molecule has 2 amide bonds. The maximum atomic E-state index is 13.0. The second-order valence-electron chi connectivity index (χ2n) is 6.32. The minimum atomic E-state index is -0.747. The number of amides is 2. The summed E-state index contributed by atoms with van der Waals surface area (Å²) >= 11 is 5.91. The van der Waals surface area contributed by atoms with E-state index in [0.717, 1.165) is 5.69 Å². The van der Waals surface area contributed by atoms with Gasteiger partial charge in [-0.15, -0.1) is 0 Å². The largest absolute Gasteiger partial charge is 0.395 e. The SMILES string of the molecule is O=C(NCCO)C1C2C(=O)N(c3ccc(Cl)cc3)C[C@]23C=C[C@H]1O3. The molecule has 4 atom stereocenters. The number of halogens is 1. The summed E-state index contributed by atoms with van der Waals surface area (Å²) in [5, 5.41) is 12.2. The molecule has 0 radical (unpaired) electrons. The molecule has 6 nitrogen and oxygen atoms in total. The van der Waals surface area contributed by atoms with Crippen molar-refractivity contribution in [3.05, 3.63) is 41.4 Å². The zero-order valence-electron chi connectivity index (χ0n) is 12.8. The molecule has 3 aliphatic rings. The zero-order valence-corrected chi connectivity index (χ0v) is 13.6. The van der Waals surface area contributed by atoms with Gasteiger partial charge in [0.05, 0.1) is 31.1 Å². The molecule has 2 unspecified atom stereocenters. The average Bonchev–Trinajstić information content (AvgIpc) is 3.22. The molecule has 0 aromatic heterocycles. The number of nitrogens with zero attached hydrogens (tertiary/aromatic N) is 1. The van der Waals surface area contributed by atoms with Crippen molar-refractivity contribution in [2.45, 2.75) is 11.7 Å². The third-order valence-electron chi connectivity index (χ3n) is 4.95. The van der Waals surface area contributed by atoms with Gasteiger partial charge in [0.2, 0.25) is 11.8 Å². The lowest BCUT2D eigenvalue weighted by Crippen LogP contribution is -2.44. The van der Waals surface area contributed by atoms with Gasteiger partial charge in [-0.1, -0.05) is 23.8 Å². The monoisotopic (exact) mass is 348 g/mol. The van der Waals surface area contributed by atoms with Gasteiger partial charge in [-0.3, -0.25) is 9.59 Å². The first kappa shape index (κ1) is 15.6. The molecule has 126 valence electrons. The zero-order chi connectivity index (χ0) is 16.9. The molecule has 24 heavy (non-hydrogen) atoms. The molecule has 2 bridgehead atoms. The Hall–Kier alpha value is -1.89. The van der Waals surface area contributed by atoms with Crippen LogP contribution in [0.2, 0.25) is 5.02 Å². The molecule has 1 spiro atoms. The fraction of sp³-hybridized carbons (Fsp3) is 0.412. The molecule has 7 heteroatoms. The van der Waals surface area contributed by atoms with Crippen LogP contribution < -0.4 is 10.2 Å². The van der Waals surface area contributed by atoms with Gasteiger partial charge >= 0.3 is 0 Å². The van der Waals surface area contributed by atoms with E-state index in [0.29, 0.717) is 11.6 Å². The minimum Gasteiger partial charge on any atom is -0.395 e. The highest BCUT2D eigenvalue weighted by atomic mass is 35.5.